The summed E-state index contributed by atoms with van der Waals surface area (Å²) in [6, 6.07) is 0.0377. The van der Waals surface area contributed by atoms with Crippen LogP contribution in [-0.2, 0) is 4.79 Å². The highest BCUT2D eigenvalue weighted by molar-refractivity contribution is 7.99. The molecule has 1 rings (SSSR count). The van der Waals surface area contributed by atoms with Crippen LogP contribution >= 0.6 is 11.8 Å². The minimum atomic E-state index is -0.324. The summed E-state index contributed by atoms with van der Waals surface area (Å²) in [7, 11) is 0. The first-order valence-electron chi connectivity index (χ1n) is 4.37. The first-order valence-corrected chi connectivity index (χ1v) is 5.53. The van der Waals surface area contributed by atoms with Crippen molar-refractivity contribution >= 4 is 17.7 Å². The fourth-order valence-corrected chi connectivity index (χ4v) is 2.29. The van der Waals surface area contributed by atoms with Crippen LogP contribution in [0.4, 0.5) is 0 Å². The van der Waals surface area contributed by atoms with E-state index < -0.39 is 0 Å². The molecule has 70 valence electrons. The fraction of sp³-hybridized carbons (Fsp3) is 0.875. The van der Waals surface area contributed by atoms with Gasteiger partial charge in [0.05, 0.1) is 6.04 Å². The van der Waals surface area contributed by atoms with Crippen LogP contribution in [0, 0.1) is 0 Å². The first kappa shape index (κ1) is 9.86. The zero-order valence-electron chi connectivity index (χ0n) is 7.38. The quantitative estimate of drug-likeness (QED) is 0.672. The lowest BCUT2D eigenvalue weighted by atomic mass is 10.2. The summed E-state index contributed by atoms with van der Waals surface area (Å²) in [4.78, 5) is 11.3. The predicted octanol–water partition coefficient (Wildman–Crippen LogP) is 0.345. The van der Waals surface area contributed by atoms with Gasteiger partial charge in [-0.25, -0.2) is 0 Å². The predicted molar refractivity (Wildman–Crippen MR) is 52.1 cm³/mol. The van der Waals surface area contributed by atoms with E-state index >= 15 is 0 Å². The van der Waals surface area contributed by atoms with Gasteiger partial charge in [0.2, 0.25) is 5.91 Å². The molecule has 1 fully saturated rings. The first-order chi connectivity index (χ1) is 5.74. The summed E-state index contributed by atoms with van der Waals surface area (Å²) in [6.07, 6.45) is 1.80. The van der Waals surface area contributed by atoms with Crippen molar-refractivity contribution in [1.82, 2.24) is 5.32 Å². The van der Waals surface area contributed by atoms with Crippen molar-refractivity contribution < 1.29 is 4.79 Å². The highest BCUT2D eigenvalue weighted by Gasteiger charge is 2.19. The van der Waals surface area contributed by atoms with Crippen molar-refractivity contribution in [3.05, 3.63) is 0 Å². The standard InChI is InChI=1S/C8H16N2OS/c1-2-7(9)8(11)10-6-3-4-12-5-6/h6-7H,2-5,9H2,1H3,(H,10,11)/t6?,7-/m1/s1. The second-order valence-corrected chi connectivity index (χ2v) is 4.23. The number of hydrogen-bond donors (Lipinski definition) is 2. The summed E-state index contributed by atoms with van der Waals surface area (Å²) in [5.74, 6) is 2.21. The molecule has 1 saturated heterocycles. The molecule has 1 unspecified atom stereocenters. The third-order valence-corrected chi connectivity index (χ3v) is 3.22. The average Bonchev–Trinajstić information content (AvgIpc) is 2.55. The van der Waals surface area contributed by atoms with Crippen LogP contribution in [0.1, 0.15) is 19.8 Å². The Morgan fingerprint density at radius 2 is 2.58 bits per heavy atom. The number of thioether (sulfide) groups is 1. The van der Waals surface area contributed by atoms with Gasteiger partial charge in [0.25, 0.3) is 0 Å². The van der Waals surface area contributed by atoms with Crippen molar-refractivity contribution in [3.63, 3.8) is 0 Å². The molecule has 4 heteroatoms. The van der Waals surface area contributed by atoms with Crippen LogP contribution in [0.15, 0.2) is 0 Å². The van der Waals surface area contributed by atoms with Gasteiger partial charge in [-0.3, -0.25) is 4.79 Å². The molecule has 0 saturated carbocycles. The Balaban J connectivity index is 2.25. The van der Waals surface area contributed by atoms with Gasteiger partial charge in [-0.15, -0.1) is 0 Å². The van der Waals surface area contributed by atoms with Crippen LogP contribution in [0.5, 0.6) is 0 Å². The monoisotopic (exact) mass is 188 g/mol. The third-order valence-electron chi connectivity index (χ3n) is 2.05. The van der Waals surface area contributed by atoms with E-state index in [2.05, 4.69) is 5.32 Å². The van der Waals surface area contributed by atoms with Crippen molar-refractivity contribution in [2.24, 2.45) is 5.73 Å². The highest BCUT2D eigenvalue weighted by atomic mass is 32.2. The molecule has 0 spiro atoms. The second kappa shape index (κ2) is 4.72. The minimum Gasteiger partial charge on any atom is -0.351 e. The number of carbonyl (C=O) groups excluding carboxylic acids is 1. The van der Waals surface area contributed by atoms with Crippen molar-refractivity contribution in [2.45, 2.75) is 31.8 Å². The zero-order valence-corrected chi connectivity index (χ0v) is 8.19. The van der Waals surface area contributed by atoms with Gasteiger partial charge in [-0.2, -0.15) is 11.8 Å². The van der Waals surface area contributed by atoms with Crippen LogP contribution in [0.3, 0.4) is 0 Å². The SMILES string of the molecule is CC[C@@H](N)C(=O)NC1CCSC1. The Labute approximate surface area is 77.5 Å². The largest absolute Gasteiger partial charge is 0.351 e. The van der Waals surface area contributed by atoms with Gasteiger partial charge < -0.3 is 11.1 Å². The average molecular weight is 188 g/mol. The number of carbonyl (C=O) groups is 1. The summed E-state index contributed by atoms with van der Waals surface area (Å²) < 4.78 is 0. The minimum absolute atomic E-state index is 0.00463. The summed E-state index contributed by atoms with van der Waals surface area (Å²) in [5.41, 5.74) is 5.58. The van der Waals surface area contributed by atoms with Gasteiger partial charge in [-0.1, -0.05) is 6.92 Å². The van der Waals surface area contributed by atoms with E-state index in [-0.39, 0.29) is 11.9 Å². The van der Waals surface area contributed by atoms with E-state index in [4.69, 9.17) is 5.73 Å². The molecule has 0 bridgehead atoms. The number of rotatable bonds is 3. The molecule has 3 N–H and O–H groups in total. The second-order valence-electron chi connectivity index (χ2n) is 3.08. The Hall–Kier alpha value is -0.220. The topological polar surface area (TPSA) is 55.1 Å². The Kier molecular flexibility index (Phi) is 3.88. The molecule has 0 aromatic rings. The van der Waals surface area contributed by atoms with Crippen LogP contribution in [-0.4, -0.2) is 29.5 Å². The Morgan fingerprint density at radius 3 is 3.08 bits per heavy atom. The third kappa shape index (κ3) is 2.68. The molecule has 0 radical (unpaired) electrons. The normalized spacial score (nSPS) is 25.3. The van der Waals surface area contributed by atoms with Crippen molar-refractivity contribution in [2.75, 3.05) is 11.5 Å². The van der Waals surface area contributed by atoms with E-state index in [0.717, 1.165) is 17.9 Å². The van der Waals surface area contributed by atoms with Crippen molar-refractivity contribution in [3.8, 4) is 0 Å². The lowest BCUT2D eigenvalue weighted by molar-refractivity contribution is -0.122. The smallest absolute Gasteiger partial charge is 0.237 e. The molecule has 0 aliphatic carbocycles. The summed E-state index contributed by atoms with van der Waals surface area (Å²) >= 11 is 1.89. The van der Waals surface area contributed by atoms with Gasteiger partial charge in [0, 0.05) is 11.8 Å². The maximum Gasteiger partial charge on any atom is 0.237 e. The van der Waals surface area contributed by atoms with Gasteiger partial charge in [-0.05, 0) is 18.6 Å². The number of nitrogens with two attached hydrogens (primary N) is 1. The van der Waals surface area contributed by atoms with E-state index in [1.54, 1.807) is 0 Å². The maximum absolute atomic E-state index is 11.3. The highest BCUT2D eigenvalue weighted by Crippen LogP contribution is 2.16. The van der Waals surface area contributed by atoms with Gasteiger partial charge in [0.15, 0.2) is 0 Å². The molecule has 1 aliphatic heterocycles. The molecule has 1 amide bonds. The Bertz CT molecular complexity index is 157. The maximum atomic E-state index is 11.3. The van der Waals surface area contributed by atoms with E-state index in [9.17, 15) is 4.79 Å². The molecule has 1 heterocycles. The molecule has 1 aliphatic rings. The molecular formula is C8H16N2OS. The van der Waals surface area contributed by atoms with Crippen LogP contribution < -0.4 is 11.1 Å². The fourth-order valence-electron chi connectivity index (χ4n) is 1.14. The lowest BCUT2D eigenvalue weighted by Crippen LogP contribution is -2.45. The van der Waals surface area contributed by atoms with E-state index in [1.807, 2.05) is 18.7 Å². The van der Waals surface area contributed by atoms with Gasteiger partial charge in [0.1, 0.15) is 0 Å². The zero-order chi connectivity index (χ0) is 8.97. The molecule has 0 aromatic heterocycles. The lowest BCUT2D eigenvalue weighted by Gasteiger charge is -2.14. The number of amides is 1. The summed E-state index contributed by atoms with van der Waals surface area (Å²) in [5, 5.41) is 2.94. The molecular weight excluding hydrogens is 172 g/mol. The number of hydrogen-bond acceptors (Lipinski definition) is 3. The van der Waals surface area contributed by atoms with Crippen LogP contribution in [0.2, 0.25) is 0 Å². The van der Waals surface area contributed by atoms with E-state index in [0.29, 0.717) is 12.5 Å². The van der Waals surface area contributed by atoms with Crippen molar-refractivity contribution in [1.29, 1.82) is 0 Å². The molecule has 12 heavy (non-hydrogen) atoms. The molecule has 0 aromatic carbocycles. The van der Waals surface area contributed by atoms with E-state index in [1.165, 1.54) is 0 Å². The van der Waals surface area contributed by atoms with Crippen LogP contribution in [0.25, 0.3) is 0 Å². The number of nitrogens with one attached hydrogen (secondary N) is 1. The Morgan fingerprint density at radius 1 is 1.83 bits per heavy atom. The summed E-state index contributed by atoms with van der Waals surface area (Å²) in [6.45, 7) is 1.92. The van der Waals surface area contributed by atoms with Gasteiger partial charge >= 0.3 is 0 Å². The molecule has 2 atom stereocenters. The molecule has 3 nitrogen and oxygen atoms in total.